The average molecular weight is 450 g/mol. The normalized spacial score (nSPS) is 12.6. The molecule has 4 heterocycles. The second-order valence-electron chi connectivity index (χ2n) is 5.41. The van der Waals surface area contributed by atoms with Crippen LogP contribution in [0.3, 0.4) is 0 Å². The molecule has 1 atom stereocenters. The lowest BCUT2D eigenvalue weighted by Gasteiger charge is -2.11. The van der Waals surface area contributed by atoms with Crippen molar-refractivity contribution in [1.29, 1.82) is 0 Å². The van der Waals surface area contributed by atoms with E-state index in [0.29, 0.717) is 17.2 Å². The molecule has 0 aromatic carbocycles. The minimum atomic E-state index is -0.465. The van der Waals surface area contributed by atoms with Crippen molar-refractivity contribution in [2.75, 3.05) is 5.73 Å². The highest BCUT2D eigenvalue weighted by molar-refractivity contribution is 14.1. The fourth-order valence-corrected chi connectivity index (χ4v) is 3.44. The standard InChI is InChI=1S/C15H12FIN8/c1-8(24-5-10(17)12-13(18)20-7-21-15(12)24)11-6-25(23-22-11)14-9(16)3-2-4-19-14/h2-8H,1H3,(H2,18,20,21). The highest BCUT2D eigenvalue weighted by Gasteiger charge is 2.19. The Bertz CT molecular complexity index is 1070. The van der Waals surface area contributed by atoms with Crippen LogP contribution in [0.4, 0.5) is 10.2 Å². The maximum Gasteiger partial charge on any atom is 0.191 e. The van der Waals surface area contributed by atoms with E-state index in [2.05, 4.69) is 47.9 Å². The zero-order chi connectivity index (χ0) is 17.6. The number of rotatable bonds is 3. The van der Waals surface area contributed by atoms with Crippen LogP contribution in [0.25, 0.3) is 16.9 Å². The second kappa shape index (κ2) is 6.02. The second-order valence-corrected chi connectivity index (χ2v) is 6.58. The van der Waals surface area contributed by atoms with Crippen molar-refractivity contribution in [2.45, 2.75) is 13.0 Å². The van der Waals surface area contributed by atoms with Crippen LogP contribution in [-0.4, -0.2) is 34.5 Å². The Kier molecular flexibility index (Phi) is 3.82. The van der Waals surface area contributed by atoms with Crippen molar-refractivity contribution in [2.24, 2.45) is 0 Å². The third-order valence-electron chi connectivity index (χ3n) is 3.90. The number of halogens is 2. The van der Waals surface area contributed by atoms with Crippen molar-refractivity contribution in [3.05, 3.63) is 52.1 Å². The summed E-state index contributed by atoms with van der Waals surface area (Å²) >= 11 is 2.19. The molecule has 126 valence electrons. The first kappa shape index (κ1) is 15.9. The molecule has 8 nitrogen and oxygen atoms in total. The van der Waals surface area contributed by atoms with E-state index in [-0.39, 0.29) is 11.9 Å². The molecule has 4 aromatic heterocycles. The largest absolute Gasteiger partial charge is 0.383 e. The van der Waals surface area contributed by atoms with Crippen molar-refractivity contribution in [1.82, 2.24) is 34.5 Å². The molecule has 0 fully saturated rings. The molecule has 2 N–H and O–H groups in total. The number of nitrogens with zero attached hydrogens (tertiary/aromatic N) is 7. The van der Waals surface area contributed by atoms with Gasteiger partial charge in [0.2, 0.25) is 0 Å². The lowest BCUT2D eigenvalue weighted by atomic mass is 10.2. The molecule has 25 heavy (non-hydrogen) atoms. The zero-order valence-corrected chi connectivity index (χ0v) is 15.2. The van der Waals surface area contributed by atoms with Crippen LogP contribution in [0, 0.1) is 9.39 Å². The fraction of sp³-hybridized carbons (Fsp3) is 0.133. The quantitative estimate of drug-likeness (QED) is 0.481. The van der Waals surface area contributed by atoms with E-state index in [0.717, 1.165) is 8.96 Å². The molecule has 0 saturated heterocycles. The number of nitrogens with two attached hydrogens (primary N) is 1. The molecule has 4 aromatic rings. The highest BCUT2D eigenvalue weighted by atomic mass is 127. The predicted octanol–water partition coefficient (Wildman–Crippen LogP) is 2.34. The van der Waals surface area contributed by atoms with E-state index >= 15 is 0 Å². The zero-order valence-electron chi connectivity index (χ0n) is 13.0. The molecule has 0 amide bonds. The molecule has 0 aliphatic heterocycles. The van der Waals surface area contributed by atoms with E-state index in [1.54, 1.807) is 6.20 Å². The van der Waals surface area contributed by atoms with Crippen LogP contribution in [0.5, 0.6) is 0 Å². The summed E-state index contributed by atoms with van der Waals surface area (Å²) in [6.07, 6.45) is 6.52. The lowest BCUT2D eigenvalue weighted by molar-refractivity contribution is 0.596. The first-order valence-electron chi connectivity index (χ1n) is 7.36. The van der Waals surface area contributed by atoms with Crippen molar-refractivity contribution >= 4 is 39.4 Å². The van der Waals surface area contributed by atoms with Gasteiger partial charge in [0.05, 0.1) is 17.6 Å². The van der Waals surface area contributed by atoms with Gasteiger partial charge in [-0.15, -0.1) is 5.10 Å². The molecule has 0 bridgehead atoms. The first-order chi connectivity index (χ1) is 12.1. The van der Waals surface area contributed by atoms with Gasteiger partial charge < -0.3 is 10.3 Å². The van der Waals surface area contributed by atoms with Crippen LogP contribution in [0.15, 0.2) is 37.1 Å². The Morgan fingerprint density at radius 2 is 2.08 bits per heavy atom. The molecule has 0 saturated carbocycles. The summed E-state index contributed by atoms with van der Waals surface area (Å²) in [4.78, 5) is 12.4. The van der Waals surface area contributed by atoms with E-state index < -0.39 is 5.82 Å². The lowest BCUT2D eigenvalue weighted by Crippen LogP contribution is -2.07. The summed E-state index contributed by atoms with van der Waals surface area (Å²) < 4.78 is 18.1. The summed E-state index contributed by atoms with van der Waals surface area (Å²) in [5.74, 6) is 0.0691. The maximum absolute atomic E-state index is 13.9. The Labute approximate surface area is 155 Å². The van der Waals surface area contributed by atoms with E-state index in [1.807, 2.05) is 17.7 Å². The van der Waals surface area contributed by atoms with Crippen LogP contribution in [0.1, 0.15) is 18.7 Å². The summed E-state index contributed by atoms with van der Waals surface area (Å²) in [5.41, 5.74) is 7.31. The molecule has 10 heteroatoms. The van der Waals surface area contributed by atoms with Gasteiger partial charge in [0.1, 0.15) is 23.5 Å². The van der Waals surface area contributed by atoms with Gasteiger partial charge >= 0.3 is 0 Å². The minimum absolute atomic E-state index is 0.104. The van der Waals surface area contributed by atoms with Gasteiger partial charge in [0.25, 0.3) is 0 Å². The SMILES string of the molecule is CC(c1cn(-c2ncccc2F)nn1)n1cc(I)c2c(N)ncnc21. The predicted molar refractivity (Wildman–Crippen MR) is 97.6 cm³/mol. The third-order valence-corrected chi connectivity index (χ3v) is 4.72. The van der Waals surface area contributed by atoms with Gasteiger partial charge in [-0.2, -0.15) is 4.68 Å². The highest BCUT2D eigenvalue weighted by Crippen LogP contribution is 2.29. The van der Waals surface area contributed by atoms with Crippen molar-refractivity contribution < 1.29 is 4.39 Å². The Morgan fingerprint density at radius 1 is 1.24 bits per heavy atom. The first-order valence-corrected chi connectivity index (χ1v) is 8.43. The summed E-state index contributed by atoms with van der Waals surface area (Å²) in [6.45, 7) is 1.96. The van der Waals surface area contributed by atoms with Crippen molar-refractivity contribution in [3.63, 3.8) is 0 Å². The van der Waals surface area contributed by atoms with Crippen LogP contribution in [0.2, 0.25) is 0 Å². The van der Waals surface area contributed by atoms with Gasteiger partial charge in [-0.3, -0.25) is 0 Å². The fourth-order valence-electron chi connectivity index (χ4n) is 2.62. The number of nitrogen functional groups attached to an aromatic ring is 1. The number of pyridine rings is 1. The third kappa shape index (κ3) is 2.62. The number of aromatic nitrogens is 7. The van der Waals surface area contributed by atoms with Crippen molar-refractivity contribution in [3.8, 4) is 5.82 Å². The Morgan fingerprint density at radius 3 is 2.88 bits per heavy atom. The average Bonchev–Trinajstić information content (AvgIpc) is 3.21. The summed E-state index contributed by atoms with van der Waals surface area (Å²) in [6, 6.07) is 2.67. The van der Waals surface area contributed by atoms with Gasteiger partial charge in [-0.05, 0) is 41.6 Å². The van der Waals surface area contributed by atoms with Crippen LogP contribution < -0.4 is 5.73 Å². The van der Waals surface area contributed by atoms with Gasteiger partial charge in [0, 0.05) is 16.0 Å². The van der Waals surface area contributed by atoms with Gasteiger partial charge in [-0.1, -0.05) is 5.21 Å². The molecule has 0 radical (unpaired) electrons. The van der Waals surface area contributed by atoms with E-state index in [1.165, 1.54) is 29.3 Å². The van der Waals surface area contributed by atoms with E-state index in [4.69, 9.17) is 5.73 Å². The van der Waals surface area contributed by atoms with E-state index in [9.17, 15) is 4.39 Å². The molecule has 0 aliphatic carbocycles. The van der Waals surface area contributed by atoms with Gasteiger partial charge in [-0.25, -0.2) is 19.3 Å². The number of hydrogen-bond acceptors (Lipinski definition) is 6. The topological polar surface area (TPSA) is 100 Å². The molecule has 0 aliphatic rings. The van der Waals surface area contributed by atoms with Crippen LogP contribution >= 0.6 is 22.6 Å². The molecule has 1 unspecified atom stereocenters. The minimum Gasteiger partial charge on any atom is -0.383 e. The monoisotopic (exact) mass is 450 g/mol. The Hall–Kier alpha value is -2.63. The smallest absolute Gasteiger partial charge is 0.191 e. The maximum atomic E-state index is 13.9. The van der Waals surface area contributed by atoms with Crippen LogP contribution in [-0.2, 0) is 0 Å². The summed E-state index contributed by atoms with van der Waals surface area (Å²) in [5, 5.41) is 8.95. The molecule has 0 spiro atoms. The molecule has 4 rings (SSSR count). The number of hydrogen-bond donors (Lipinski definition) is 1. The number of fused-ring (bicyclic) bond motifs is 1. The Balaban J connectivity index is 1.77. The molecular formula is C15H12FIN8. The summed E-state index contributed by atoms with van der Waals surface area (Å²) in [7, 11) is 0. The molecular weight excluding hydrogens is 438 g/mol. The number of anilines is 1. The van der Waals surface area contributed by atoms with Gasteiger partial charge in [0.15, 0.2) is 11.6 Å².